The van der Waals surface area contributed by atoms with Gasteiger partial charge in [0, 0.05) is 87.7 Å². The van der Waals surface area contributed by atoms with Gasteiger partial charge < -0.3 is 20.4 Å². The van der Waals surface area contributed by atoms with E-state index in [-0.39, 0.29) is 96.9 Å². The maximum atomic E-state index is 10.8. The summed E-state index contributed by atoms with van der Waals surface area (Å²) >= 11 is 0. The number of benzene rings is 4. The number of rotatable bonds is 6. The van der Waals surface area contributed by atoms with Crippen LogP contribution in [0, 0.1) is 20.2 Å². The molecule has 0 atom stereocenters. The minimum Gasteiger partial charge on any atom is -0.507 e. The molecule has 0 saturated heterocycles. The fraction of sp³-hybridized carbons (Fsp3) is 0.381. The normalized spacial score (nSPS) is 12.1. The minimum atomic E-state index is -0.575. The molecule has 12 nitrogen and oxygen atoms in total. The quantitative estimate of drug-likeness (QED) is 0.0635. The van der Waals surface area contributed by atoms with Crippen LogP contribution in [0.4, 0.5) is 22.7 Å². The SMILES string of the molecule is CC(C)(C)c1cc(N=Cc2ccc([N+](=O)[O-])cc2O)c(O)c(C(C)(C)C)c1.CC(C)(C)c1cc(N=Cc2ccc([N+](=O)[O-])cc2O)c(O)c(C(C)(C)C)c1.[Pd].[Pd]. The number of phenols is 4. The first kappa shape index (κ1) is 49.6. The van der Waals surface area contributed by atoms with Gasteiger partial charge in [-0.2, -0.15) is 0 Å². The van der Waals surface area contributed by atoms with Gasteiger partial charge in [0.05, 0.1) is 22.0 Å². The molecule has 4 N–H and O–H groups in total. The zero-order valence-electron chi connectivity index (χ0n) is 33.8. The summed E-state index contributed by atoms with van der Waals surface area (Å²) in [6.07, 6.45) is 2.79. The standard InChI is InChI=1S/2C21H26N2O4.2Pd/c2*1-20(2,3)14-9-16(21(4,5)6)19(25)17(10-14)22-12-13-7-8-15(23(26)27)11-18(13)24;;/h2*7-12,24-25H,1-6H3;;. The van der Waals surface area contributed by atoms with Crippen molar-refractivity contribution in [1.82, 2.24) is 0 Å². The Morgan fingerprint density at radius 3 is 1.04 bits per heavy atom. The predicted octanol–water partition coefficient (Wildman–Crippen LogP) is 10.7. The summed E-state index contributed by atoms with van der Waals surface area (Å²) in [6, 6.07) is 15.2. The molecule has 0 spiro atoms. The second-order valence-electron chi connectivity index (χ2n) is 17.3. The summed E-state index contributed by atoms with van der Waals surface area (Å²) in [6.45, 7) is 24.6. The van der Waals surface area contributed by atoms with E-state index in [1.165, 1.54) is 36.7 Å². The van der Waals surface area contributed by atoms with Crippen LogP contribution >= 0.6 is 0 Å². The van der Waals surface area contributed by atoms with Gasteiger partial charge in [0.15, 0.2) is 0 Å². The van der Waals surface area contributed by atoms with E-state index in [0.717, 1.165) is 34.4 Å². The molecule has 56 heavy (non-hydrogen) atoms. The predicted molar refractivity (Wildman–Crippen MR) is 215 cm³/mol. The van der Waals surface area contributed by atoms with Crippen molar-refractivity contribution in [1.29, 1.82) is 0 Å². The Morgan fingerprint density at radius 2 is 0.804 bits per heavy atom. The van der Waals surface area contributed by atoms with Crippen molar-refractivity contribution in [3.8, 4) is 23.0 Å². The first-order valence-electron chi connectivity index (χ1n) is 17.4. The van der Waals surface area contributed by atoms with E-state index < -0.39 is 9.85 Å². The maximum Gasteiger partial charge on any atom is 0.273 e. The van der Waals surface area contributed by atoms with E-state index >= 15 is 0 Å². The van der Waals surface area contributed by atoms with Crippen LogP contribution in [0.5, 0.6) is 23.0 Å². The molecule has 0 aliphatic heterocycles. The molecule has 0 fully saturated rings. The number of hydrogen-bond acceptors (Lipinski definition) is 10. The van der Waals surface area contributed by atoms with Gasteiger partial charge in [-0.25, -0.2) is 0 Å². The van der Waals surface area contributed by atoms with Crippen LogP contribution < -0.4 is 0 Å². The summed E-state index contributed by atoms with van der Waals surface area (Å²) < 4.78 is 0. The number of aromatic hydroxyl groups is 4. The molecule has 0 amide bonds. The first-order valence-corrected chi connectivity index (χ1v) is 17.4. The zero-order chi connectivity index (χ0) is 41.1. The minimum absolute atomic E-state index is 0. The first-order chi connectivity index (χ1) is 24.6. The number of nitrogens with zero attached hydrogens (tertiary/aromatic N) is 4. The molecule has 0 aromatic heterocycles. The third kappa shape index (κ3) is 12.8. The topological polar surface area (TPSA) is 192 Å². The smallest absolute Gasteiger partial charge is 0.273 e. The van der Waals surface area contributed by atoms with Crippen molar-refractivity contribution in [2.45, 2.75) is 105 Å². The van der Waals surface area contributed by atoms with E-state index in [2.05, 4.69) is 51.5 Å². The molecule has 0 unspecified atom stereocenters. The Morgan fingerprint density at radius 1 is 0.500 bits per heavy atom. The Labute approximate surface area is 356 Å². The van der Waals surface area contributed by atoms with Gasteiger partial charge in [-0.05, 0) is 57.1 Å². The molecule has 308 valence electrons. The fourth-order valence-corrected chi connectivity index (χ4v) is 5.23. The van der Waals surface area contributed by atoms with Crippen molar-refractivity contribution in [3.05, 3.63) is 114 Å². The van der Waals surface area contributed by atoms with E-state index in [0.29, 0.717) is 22.5 Å². The summed E-state index contributed by atoms with van der Waals surface area (Å²) in [7, 11) is 0. The Kier molecular flexibility index (Phi) is 16.5. The van der Waals surface area contributed by atoms with E-state index in [9.17, 15) is 40.7 Å². The van der Waals surface area contributed by atoms with Crippen molar-refractivity contribution in [2.24, 2.45) is 9.98 Å². The Balaban J connectivity index is 0.000000541. The molecular weight excluding hydrogens is 901 g/mol. The summed E-state index contributed by atoms with van der Waals surface area (Å²) in [5, 5.41) is 63.0. The molecule has 4 rings (SSSR count). The van der Waals surface area contributed by atoms with Crippen LogP contribution in [-0.2, 0) is 62.5 Å². The second kappa shape index (κ2) is 18.7. The largest absolute Gasteiger partial charge is 0.507 e. The van der Waals surface area contributed by atoms with E-state index in [1.807, 2.05) is 65.8 Å². The molecule has 0 saturated carbocycles. The van der Waals surface area contributed by atoms with Crippen LogP contribution in [0.2, 0.25) is 0 Å². The van der Waals surface area contributed by atoms with Gasteiger partial charge in [-0.1, -0.05) is 95.2 Å². The number of nitro groups is 2. The average molecular weight is 954 g/mol. The van der Waals surface area contributed by atoms with Gasteiger partial charge in [0.2, 0.25) is 0 Å². The third-order valence-electron chi connectivity index (χ3n) is 8.66. The summed E-state index contributed by atoms with van der Waals surface area (Å²) in [5.41, 5.74) is 3.89. The van der Waals surface area contributed by atoms with E-state index in [1.54, 1.807) is 0 Å². The molecule has 0 aliphatic carbocycles. The maximum absolute atomic E-state index is 10.8. The zero-order valence-corrected chi connectivity index (χ0v) is 36.9. The molecule has 0 radical (unpaired) electrons. The Bertz CT molecular complexity index is 1970. The van der Waals surface area contributed by atoms with Crippen LogP contribution in [0.1, 0.15) is 116 Å². The number of hydrogen-bond donors (Lipinski definition) is 4. The molecule has 0 aliphatic rings. The van der Waals surface area contributed by atoms with Crippen LogP contribution in [-0.4, -0.2) is 42.7 Å². The number of nitro benzene ring substituents is 2. The van der Waals surface area contributed by atoms with Crippen LogP contribution in [0.15, 0.2) is 70.6 Å². The molecule has 4 aromatic rings. The molecule has 0 heterocycles. The van der Waals surface area contributed by atoms with Crippen LogP contribution in [0.3, 0.4) is 0 Å². The number of non-ortho nitro benzene ring substituents is 2. The van der Waals surface area contributed by atoms with Crippen molar-refractivity contribution < 1.29 is 71.1 Å². The van der Waals surface area contributed by atoms with Crippen molar-refractivity contribution in [3.63, 3.8) is 0 Å². The molecule has 0 bridgehead atoms. The van der Waals surface area contributed by atoms with E-state index in [4.69, 9.17) is 0 Å². The van der Waals surface area contributed by atoms with Gasteiger partial charge >= 0.3 is 0 Å². The van der Waals surface area contributed by atoms with Crippen LogP contribution in [0.25, 0.3) is 0 Å². The summed E-state index contributed by atoms with van der Waals surface area (Å²) in [4.78, 5) is 29.1. The number of aliphatic imine (C=N–C) groups is 2. The monoisotopic (exact) mass is 952 g/mol. The van der Waals surface area contributed by atoms with Gasteiger partial charge in [-0.15, -0.1) is 0 Å². The average Bonchev–Trinajstić information content (AvgIpc) is 3.02. The van der Waals surface area contributed by atoms with Gasteiger partial charge in [0.25, 0.3) is 11.4 Å². The van der Waals surface area contributed by atoms with Crippen molar-refractivity contribution >= 4 is 35.2 Å². The molecule has 4 aromatic carbocycles. The van der Waals surface area contributed by atoms with Gasteiger partial charge in [0.1, 0.15) is 34.4 Å². The van der Waals surface area contributed by atoms with Gasteiger partial charge in [-0.3, -0.25) is 30.2 Å². The molecule has 14 heteroatoms. The third-order valence-corrected chi connectivity index (χ3v) is 8.66. The summed E-state index contributed by atoms with van der Waals surface area (Å²) in [5.74, 6) is -0.299. The number of phenolic OH excluding ortho intramolecular Hbond substituents is 4. The fourth-order valence-electron chi connectivity index (χ4n) is 5.23. The second-order valence-corrected chi connectivity index (χ2v) is 17.3. The van der Waals surface area contributed by atoms with Crippen molar-refractivity contribution in [2.75, 3.05) is 0 Å². The Hall–Kier alpha value is -4.46. The molecular formula is C42H52N4O8Pd2.